The van der Waals surface area contributed by atoms with Gasteiger partial charge in [0.05, 0.1) is 7.11 Å². The Labute approximate surface area is 101 Å². The lowest BCUT2D eigenvalue weighted by atomic mass is 10.1. The van der Waals surface area contributed by atoms with Gasteiger partial charge in [-0.05, 0) is 20.8 Å². The number of ketones is 1. The highest BCUT2D eigenvalue weighted by Crippen LogP contribution is 2.07. The first-order chi connectivity index (χ1) is 7.71. The van der Waals surface area contributed by atoms with Crippen LogP contribution in [-0.2, 0) is 19.1 Å². The molecular formula is C11H19NO5. The third kappa shape index (κ3) is 5.89. The van der Waals surface area contributed by atoms with Gasteiger partial charge >= 0.3 is 12.1 Å². The fraction of sp³-hybridized carbons (Fsp3) is 0.727. The number of hydrogen-bond acceptors (Lipinski definition) is 5. The number of methoxy groups -OCH3 is 1. The van der Waals surface area contributed by atoms with Crippen molar-refractivity contribution >= 4 is 17.8 Å². The van der Waals surface area contributed by atoms with Crippen molar-refractivity contribution in [3.05, 3.63) is 0 Å². The standard InChI is InChI=1S/C11H19NO5/c1-6-7(13)8(9(14)16-5)12-10(15)17-11(2,3)4/h8H,6H2,1-5H3,(H,12,15)/t8-/m0/s1. The maximum Gasteiger partial charge on any atom is 0.408 e. The monoisotopic (exact) mass is 245 g/mol. The van der Waals surface area contributed by atoms with Crippen LogP contribution in [0.5, 0.6) is 0 Å². The van der Waals surface area contributed by atoms with E-state index in [4.69, 9.17) is 4.74 Å². The number of rotatable bonds is 4. The van der Waals surface area contributed by atoms with Crippen LogP contribution in [0, 0.1) is 0 Å². The average Bonchev–Trinajstić information content (AvgIpc) is 2.21. The Bertz CT molecular complexity index is 289. The highest BCUT2D eigenvalue weighted by Gasteiger charge is 2.29. The van der Waals surface area contributed by atoms with Crippen LogP contribution >= 0.6 is 0 Å². The molecule has 6 nitrogen and oxygen atoms in total. The highest BCUT2D eigenvalue weighted by atomic mass is 16.6. The minimum Gasteiger partial charge on any atom is -0.467 e. The summed E-state index contributed by atoms with van der Waals surface area (Å²) in [5.74, 6) is -1.23. The molecule has 0 aliphatic heterocycles. The van der Waals surface area contributed by atoms with E-state index in [0.717, 1.165) is 7.11 Å². The summed E-state index contributed by atoms with van der Waals surface area (Å²) < 4.78 is 9.38. The Morgan fingerprint density at radius 3 is 2.12 bits per heavy atom. The number of esters is 1. The topological polar surface area (TPSA) is 81.7 Å². The van der Waals surface area contributed by atoms with E-state index in [2.05, 4.69) is 10.1 Å². The molecule has 0 spiro atoms. The van der Waals surface area contributed by atoms with Crippen molar-refractivity contribution in [1.29, 1.82) is 0 Å². The predicted molar refractivity (Wildman–Crippen MR) is 60.5 cm³/mol. The van der Waals surface area contributed by atoms with Crippen LogP contribution in [0.4, 0.5) is 4.79 Å². The molecule has 0 bridgehead atoms. The number of ether oxygens (including phenoxy) is 2. The first kappa shape index (κ1) is 15.4. The van der Waals surface area contributed by atoms with Gasteiger partial charge in [0.1, 0.15) is 5.60 Å². The zero-order chi connectivity index (χ0) is 13.6. The van der Waals surface area contributed by atoms with E-state index in [1.807, 2.05) is 0 Å². The number of hydrogen-bond donors (Lipinski definition) is 1. The molecule has 6 heteroatoms. The normalized spacial score (nSPS) is 12.5. The van der Waals surface area contributed by atoms with Gasteiger partial charge in [-0.25, -0.2) is 9.59 Å². The summed E-state index contributed by atoms with van der Waals surface area (Å²) in [4.78, 5) is 34.2. The van der Waals surface area contributed by atoms with Gasteiger partial charge in [-0.3, -0.25) is 4.79 Å². The predicted octanol–water partition coefficient (Wildman–Crippen LogP) is 1.03. The van der Waals surface area contributed by atoms with E-state index in [1.165, 1.54) is 0 Å². The molecule has 0 saturated heterocycles. The lowest BCUT2D eigenvalue weighted by Crippen LogP contribution is -2.48. The maximum absolute atomic E-state index is 11.4. The number of alkyl carbamates (subject to hydrolysis) is 1. The molecule has 0 aliphatic rings. The number of nitrogens with one attached hydrogen (secondary N) is 1. The summed E-state index contributed by atoms with van der Waals surface area (Å²) in [6.07, 6.45) is -0.704. The van der Waals surface area contributed by atoms with Gasteiger partial charge in [0.2, 0.25) is 0 Å². The third-order valence-electron chi connectivity index (χ3n) is 1.77. The minimum absolute atomic E-state index is 0.121. The molecule has 0 unspecified atom stereocenters. The van der Waals surface area contributed by atoms with Crippen molar-refractivity contribution in [1.82, 2.24) is 5.32 Å². The van der Waals surface area contributed by atoms with Crippen LogP contribution in [0.3, 0.4) is 0 Å². The van der Waals surface area contributed by atoms with E-state index < -0.39 is 29.5 Å². The third-order valence-corrected chi connectivity index (χ3v) is 1.77. The molecule has 0 radical (unpaired) electrons. The van der Waals surface area contributed by atoms with E-state index in [0.29, 0.717) is 0 Å². The molecule has 0 heterocycles. The Balaban J connectivity index is 4.60. The van der Waals surface area contributed by atoms with Gasteiger partial charge in [-0.15, -0.1) is 0 Å². The molecule has 1 atom stereocenters. The van der Waals surface area contributed by atoms with Gasteiger partial charge in [-0.1, -0.05) is 6.92 Å². The maximum atomic E-state index is 11.4. The summed E-state index contributed by atoms with van der Waals surface area (Å²) in [6.45, 7) is 6.64. The first-order valence-corrected chi connectivity index (χ1v) is 5.31. The van der Waals surface area contributed by atoms with Crippen molar-refractivity contribution < 1.29 is 23.9 Å². The fourth-order valence-electron chi connectivity index (χ4n) is 1.02. The van der Waals surface area contributed by atoms with Gasteiger partial charge in [0.15, 0.2) is 11.8 Å². The Hall–Kier alpha value is -1.59. The molecule has 0 aromatic carbocycles. The van der Waals surface area contributed by atoms with Crippen molar-refractivity contribution in [2.24, 2.45) is 0 Å². The quantitative estimate of drug-likeness (QED) is 0.591. The Morgan fingerprint density at radius 2 is 1.76 bits per heavy atom. The van der Waals surface area contributed by atoms with Gasteiger partial charge < -0.3 is 14.8 Å². The van der Waals surface area contributed by atoms with Crippen LogP contribution in [0.25, 0.3) is 0 Å². The zero-order valence-electron chi connectivity index (χ0n) is 10.8. The number of carbonyl (C=O) groups excluding carboxylic acids is 3. The Kier molecular flexibility index (Phi) is 5.64. The lowest BCUT2D eigenvalue weighted by molar-refractivity contribution is -0.146. The first-order valence-electron chi connectivity index (χ1n) is 5.31. The molecule has 0 aromatic heterocycles. The van der Waals surface area contributed by atoms with Crippen molar-refractivity contribution in [2.45, 2.75) is 45.8 Å². The second-order valence-corrected chi connectivity index (χ2v) is 4.42. The largest absolute Gasteiger partial charge is 0.467 e. The molecule has 17 heavy (non-hydrogen) atoms. The number of amides is 1. The summed E-state index contributed by atoms with van der Waals surface area (Å²) in [5.41, 5.74) is -0.694. The summed E-state index contributed by atoms with van der Waals surface area (Å²) in [6, 6.07) is -1.31. The zero-order valence-corrected chi connectivity index (χ0v) is 10.8. The summed E-state index contributed by atoms with van der Waals surface area (Å²) in [7, 11) is 1.15. The second-order valence-electron chi connectivity index (χ2n) is 4.42. The molecule has 0 rings (SSSR count). The molecule has 0 fully saturated rings. The van der Waals surface area contributed by atoms with E-state index in [-0.39, 0.29) is 6.42 Å². The summed E-state index contributed by atoms with van der Waals surface area (Å²) in [5, 5.41) is 2.19. The van der Waals surface area contributed by atoms with Crippen molar-refractivity contribution in [2.75, 3.05) is 7.11 Å². The van der Waals surface area contributed by atoms with Crippen LogP contribution in [0.2, 0.25) is 0 Å². The molecular weight excluding hydrogens is 226 g/mol. The molecule has 1 N–H and O–H groups in total. The van der Waals surface area contributed by atoms with Crippen molar-refractivity contribution in [3.63, 3.8) is 0 Å². The highest BCUT2D eigenvalue weighted by molar-refractivity contribution is 6.05. The van der Waals surface area contributed by atoms with E-state index >= 15 is 0 Å². The Morgan fingerprint density at radius 1 is 1.24 bits per heavy atom. The molecule has 0 aromatic rings. The second kappa shape index (κ2) is 6.22. The molecule has 98 valence electrons. The van der Waals surface area contributed by atoms with Crippen molar-refractivity contribution in [3.8, 4) is 0 Å². The van der Waals surface area contributed by atoms with Crippen LogP contribution in [0.15, 0.2) is 0 Å². The average molecular weight is 245 g/mol. The lowest BCUT2D eigenvalue weighted by Gasteiger charge is -2.21. The van der Waals surface area contributed by atoms with Crippen LogP contribution in [-0.4, -0.2) is 36.6 Å². The smallest absolute Gasteiger partial charge is 0.408 e. The van der Waals surface area contributed by atoms with Crippen LogP contribution in [0.1, 0.15) is 34.1 Å². The molecule has 0 saturated carbocycles. The molecule has 1 amide bonds. The SMILES string of the molecule is CCC(=O)[C@H](NC(=O)OC(C)(C)C)C(=O)OC. The number of carbonyl (C=O) groups is 3. The van der Waals surface area contributed by atoms with E-state index in [1.54, 1.807) is 27.7 Å². The van der Waals surface area contributed by atoms with Gasteiger partial charge in [-0.2, -0.15) is 0 Å². The van der Waals surface area contributed by atoms with E-state index in [9.17, 15) is 14.4 Å². The molecule has 0 aliphatic carbocycles. The minimum atomic E-state index is -1.31. The number of Topliss-reactive ketones (excluding diaryl/α,β-unsaturated/α-hetero) is 1. The van der Waals surface area contributed by atoms with Gasteiger partial charge in [0.25, 0.3) is 0 Å². The van der Waals surface area contributed by atoms with Gasteiger partial charge in [0, 0.05) is 6.42 Å². The summed E-state index contributed by atoms with van der Waals surface area (Å²) >= 11 is 0. The van der Waals surface area contributed by atoms with Crippen LogP contribution < -0.4 is 5.32 Å². The fourth-order valence-corrected chi connectivity index (χ4v) is 1.02.